The standard InChI is InChI=1S/C17H26O8/c1-4-16(11-19)12(2)24-17(9-10-18,8-6-14(22)23)25-15(16,3)7-5-13(20)21/h5-8,12,18-19H,4,9-11H2,1-3H3,(H,20,21)(H,22,23)/t12?,15-,16?,17+/m0/s1. The summed E-state index contributed by atoms with van der Waals surface area (Å²) in [5.41, 5.74) is -2.22. The first-order valence-corrected chi connectivity index (χ1v) is 8.04. The van der Waals surface area contributed by atoms with E-state index in [4.69, 9.17) is 19.7 Å². The van der Waals surface area contributed by atoms with Gasteiger partial charge in [0.25, 0.3) is 0 Å². The normalized spacial score (nSPS) is 36.1. The molecule has 4 N–H and O–H groups in total. The third-order valence-electron chi connectivity index (χ3n) is 4.92. The number of ether oxygens (including phenoxy) is 2. The minimum atomic E-state index is -1.56. The molecule has 1 saturated heterocycles. The molecular formula is C17H26O8. The molecule has 1 rings (SSSR count). The Kier molecular flexibility index (Phi) is 6.90. The summed E-state index contributed by atoms with van der Waals surface area (Å²) in [5, 5.41) is 37.3. The van der Waals surface area contributed by atoms with Gasteiger partial charge in [-0.2, -0.15) is 0 Å². The van der Waals surface area contributed by atoms with Gasteiger partial charge in [-0.05, 0) is 32.4 Å². The summed E-state index contributed by atoms with van der Waals surface area (Å²) >= 11 is 0. The van der Waals surface area contributed by atoms with Crippen LogP contribution in [0.5, 0.6) is 0 Å². The number of aliphatic hydroxyl groups is 2. The van der Waals surface area contributed by atoms with Crippen LogP contribution >= 0.6 is 0 Å². The van der Waals surface area contributed by atoms with Crippen LogP contribution in [0.4, 0.5) is 0 Å². The molecule has 2 unspecified atom stereocenters. The van der Waals surface area contributed by atoms with Crippen molar-refractivity contribution in [1.29, 1.82) is 0 Å². The van der Waals surface area contributed by atoms with Crippen LogP contribution in [0.1, 0.15) is 33.6 Å². The molecule has 0 aromatic carbocycles. The summed E-state index contributed by atoms with van der Waals surface area (Å²) in [6.07, 6.45) is 4.04. The molecule has 1 fully saturated rings. The third-order valence-corrected chi connectivity index (χ3v) is 4.92. The number of carboxylic acid groups (broad SMARTS) is 2. The van der Waals surface area contributed by atoms with Gasteiger partial charge in [0, 0.05) is 25.2 Å². The highest BCUT2D eigenvalue weighted by Gasteiger charge is 2.59. The maximum Gasteiger partial charge on any atom is 0.328 e. The van der Waals surface area contributed by atoms with E-state index >= 15 is 0 Å². The molecule has 4 atom stereocenters. The lowest BCUT2D eigenvalue weighted by Crippen LogP contribution is -2.65. The average Bonchev–Trinajstić information content (AvgIpc) is 2.52. The molecule has 8 heteroatoms. The summed E-state index contributed by atoms with van der Waals surface area (Å²) < 4.78 is 11.9. The van der Waals surface area contributed by atoms with Gasteiger partial charge in [0.1, 0.15) is 0 Å². The first-order valence-electron chi connectivity index (χ1n) is 8.04. The highest BCUT2D eigenvalue weighted by Crippen LogP contribution is 2.51. The van der Waals surface area contributed by atoms with Gasteiger partial charge in [0.2, 0.25) is 0 Å². The van der Waals surface area contributed by atoms with Crippen LogP contribution < -0.4 is 0 Å². The van der Waals surface area contributed by atoms with Gasteiger partial charge in [-0.15, -0.1) is 0 Å². The summed E-state index contributed by atoms with van der Waals surface area (Å²) in [5.74, 6) is -3.95. The summed E-state index contributed by atoms with van der Waals surface area (Å²) in [6, 6.07) is 0. The molecule has 0 bridgehead atoms. The number of aliphatic hydroxyl groups excluding tert-OH is 2. The van der Waals surface area contributed by atoms with Gasteiger partial charge in [-0.1, -0.05) is 6.92 Å². The van der Waals surface area contributed by atoms with Gasteiger partial charge in [0.05, 0.1) is 23.7 Å². The number of carboxylic acids is 2. The van der Waals surface area contributed by atoms with Crippen molar-refractivity contribution in [3.05, 3.63) is 24.3 Å². The predicted octanol–water partition coefficient (Wildman–Crippen LogP) is 0.929. The molecule has 8 nitrogen and oxygen atoms in total. The van der Waals surface area contributed by atoms with Crippen LogP contribution in [0, 0.1) is 5.41 Å². The highest BCUT2D eigenvalue weighted by molar-refractivity contribution is 5.80. The monoisotopic (exact) mass is 358 g/mol. The maximum absolute atomic E-state index is 11.0. The van der Waals surface area contributed by atoms with Crippen molar-refractivity contribution in [1.82, 2.24) is 0 Å². The summed E-state index contributed by atoms with van der Waals surface area (Å²) in [6.45, 7) is 4.47. The van der Waals surface area contributed by atoms with Gasteiger partial charge in [-0.3, -0.25) is 0 Å². The van der Waals surface area contributed by atoms with Gasteiger partial charge >= 0.3 is 11.9 Å². The molecule has 25 heavy (non-hydrogen) atoms. The fraction of sp³-hybridized carbons (Fsp3) is 0.647. The molecule has 0 spiro atoms. The Morgan fingerprint density at radius 1 is 1.12 bits per heavy atom. The van der Waals surface area contributed by atoms with Crippen LogP contribution in [0.2, 0.25) is 0 Å². The van der Waals surface area contributed by atoms with E-state index in [0.29, 0.717) is 6.42 Å². The zero-order valence-corrected chi connectivity index (χ0v) is 14.6. The Balaban J connectivity index is 3.47. The maximum atomic E-state index is 11.0. The van der Waals surface area contributed by atoms with Crippen molar-refractivity contribution < 1.29 is 39.5 Å². The highest BCUT2D eigenvalue weighted by atomic mass is 16.7. The van der Waals surface area contributed by atoms with E-state index in [0.717, 1.165) is 12.2 Å². The minimum absolute atomic E-state index is 0.0527. The zero-order chi connectivity index (χ0) is 19.3. The van der Waals surface area contributed by atoms with E-state index in [1.165, 1.54) is 12.2 Å². The molecule has 0 amide bonds. The minimum Gasteiger partial charge on any atom is -0.478 e. The molecule has 0 saturated carbocycles. The van der Waals surface area contributed by atoms with Crippen LogP contribution in [0.15, 0.2) is 24.3 Å². The molecule has 1 aliphatic rings. The zero-order valence-electron chi connectivity index (χ0n) is 14.6. The fourth-order valence-electron chi connectivity index (χ4n) is 3.39. The van der Waals surface area contributed by atoms with E-state index < -0.39 is 34.8 Å². The Bertz CT molecular complexity index is 551. The van der Waals surface area contributed by atoms with Crippen LogP contribution in [0.3, 0.4) is 0 Å². The number of aliphatic carboxylic acids is 2. The van der Waals surface area contributed by atoms with E-state index in [2.05, 4.69) is 0 Å². The van der Waals surface area contributed by atoms with Crippen molar-refractivity contribution in [2.24, 2.45) is 5.41 Å². The second-order valence-corrected chi connectivity index (χ2v) is 6.27. The molecule has 0 radical (unpaired) electrons. The molecule has 1 heterocycles. The smallest absolute Gasteiger partial charge is 0.328 e. The molecule has 1 aliphatic heterocycles. The molecule has 0 aromatic heterocycles. The first kappa shape index (κ1) is 21.3. The number of hydrogen-bond donors (Lipinski definition) is 4. The fourth-order valence-corrected chi connectivity index (χ4v) is 3.39. The van der Waals surface area contributed by atoms with Crippen molar-refractivity contribution in [2.45, 2.75) is 51.1 Å². The van der Waals surface area contributed by atoms with E-state index in [1.807, 2.05) is 6.92 Å². The molecule has 0 aromatic rings. The molecule has 0 aliphatic carbocycles. The van der Waals surface area contributed by atoms with Crippen LogP contribution in [-0.4, -0.2) is 63.1 Å². The Labute approximate surface area is 146 Å². The lowest BCUT2D eigenvalue weighted by atomic mass is 9.66. The van der Waals surface area contributed by atoms with Crippen molar-refractivity contribution >= 4 is 11.9 Å². The Morgan fingerprint density at radius 2 is 1.68 bits per heavy atom. The predicted molar refractivity (Wildman–Crippen MR) is 87.8 cm³/mol. The van der Waals surface area contributed by atoms with Crippen molar-refractivity contribution in [3.8, 4) is 0 Å². The number of carbonyl (C=O) groups is 2. The van der Waals surface area contributed by atoms with Crippen molar-refractivity contribution in [2.75, 3.05) is 13.2 Å². The topological polar surface area (TPSA) is 134 Å². The second kappa shape index (κ2) is 8.09. The van der Waals surface area contributed by atoms with E-state index in [-0.39, 0.29) is 19.6 Å². The lowest BCUT2D eigenvalue weighted by molar-refractivity contribution is -0.367. The van der Waals surface area contributed by atoms with Gasteiger partial charge in [0.15, 0.2) is 5.79 Å². The average molecular weight is 358 g/mol. The first-order chi connectivity index (χ1) is 11.6. The number of hydrogen-bond acceptors (Lipinski definition) is 6. The van der Waals surface area contributed by atoms with E-state index in [9.17, 15) is 19.8 Å². The Hall–Kier alpha value is -1.74. The lowest BCUT2D eigenvalue weighted by Gasteiger charge is -2.58. The molecular weight excluding hydrogens is 332 g/mol. The van der Waals surface area contributed by atoms with Gasteiger partial charge in [-0.25, -0.2) is 9.59 Å². The summed E-state index contributed by atoms with van der Waals surface area (Å²) in [4.78, 5) is 21.9. The van der Waals surface area contributed by atoms with Crippen LogP contribution in [-0.2, 0) is 19.1 Å². The number of rotatable bonds is 8. The largest absolute Gasteiger partial charge is 0.478 e. The summed E-state index contributed by atoms with van der Waals surface area (Å²) in [7, 11) is 0. The van der Waals surface area contributed by atoms with Gasteiger partial charge < -0.3 is 29.9 Å². The van der Waals surface area contributed by atoms with Crippen LogP contribution in [0.25, 0.3) is 0 Å². The molecule has 142 valence electrons. The third kappa shape index (κ3) is 4.27. The quantitative estimate of drug-likeness (QED) is 0.471. The Morgan fingerprint density at radius 3 is 2.12 bits per heavy atom. The SMILES string of the molecule is CCC1(CO)C(C)O[C@@](C=CC(=O)O)(CCO)O[C@@]1(C)C=CC(=O)O. The van der Waals surface area contributed by atoms with E-state index in [1.54, 1.807) is 13.8 Å². The second-order valence-electron chi connectivity index (χ2n) is 6.27. The van der Waals surface area contributed by atoms with Crippen molar-refractivity contribution in [3.63, 3.8) is 0 Å².